The maximum Gasteiger partial charge on any atom is 0.245 e. The lowest BCUT2D eigenvalue weighted by molar-refractivity contribution is -0.120. The summed E-state index contributed by atoms with van der Waals surface area (Å²) in [5, 5.41) is 6.40. The molecule has 2 N–H and O–H groups in total. The molecule has 1 aromatic carbocycles. The number of amides is 1. The average Bonchev–Trinajstić information content (AvgIpc) is 2.92. The van der Waals surface area contributed by atoms with Crippen LogP contribution < -0.4 is 10.0 Å². The van der Waals surface area contributed by atoms with Gasteiger partial charge in [-0.2, -0.15) is 0 Å². The van der Waals surface area contributed by atoms with Gasteiger partial charge in [0.25, 0.3) is 0 Å². The number of hydrogen-bond donors (Lipinski definition) is 2. The monoisotopic (exact) mass is 383 g/mol. The van der Waals surface area contributed by atoms with Gasteiger partial charge in [-0.15, -0.1) is 11.8 Å². The minimum absolute atomic E-state index is 0.0179. The fourth-order valence-corrected chi connectivity index (χ4v) is 4.34. The van der Waals surface area contributed by atoms with Gasteiger partial charge in [-0.3, -0.25) is 4.79 Å². The molecule has 2 aromatic rings. The number of nitrogens with one attached hydrogen (secondary N) is 2. The van der Waals surface area contributed by atoms with Gasteiger partial charge in [0.2, 0.25) is 15.9 Å². The van der Waals surface area contributed by atoms with Crippen molar-refractivity contribution >= 4 is 27.7 Å². The van der Waals surface area contributed by atoms with Gasteiger partial charge in [0.05, 0.1) is 0 Å². The smallest absolute Gasteiger partial charge is 0.245 e. The number of rotatable bonds is 9. The van der Waals surface area contributed by atoms with E-state index in [1.807, 2.05) is 30.3 Å². The predicted octanol–water partition coefficient (Wildman–Crippen LogP) is 1.87. The van der Waals surface area contributed by atoms with Crippen molar-refractivity contribution in [2.45, 2.75) is 30.1 Å². The van der Waals surface area contributed by atoms with Crippen LogP contribution in [0.25, 0.3) is 0 Å². The molecule has 1 amide bonds. The molecule has 7 nitrogen and oxygen atoms in total. The molecule has 1 heterocycles. The Bertz CT molecular complexity index is 785. The molecule has 0 aliphatic carbocycles. The lowest BCUT2D eigenvalue weighted by atomic mass is 10.4. The van der Waals surface area contributed by atoms with Crippen LogP contribution in [0.4, 0.5) is 0 Å². The average molecular weight is 383 g/mol. The summed E-state index contributed by atoms with van der Waals surface area (Å²) in [5.74, 6) is 0.781. The first-order valence-corrected chi connectivity index (χ1v) is 10.2. The Labute approximate surface area is 151 Å². The number of thioether (sulfide) groups is 1. The molecule has 0 fully saturated rings. The number of aromatic nitrogens is 1. The number of benzene rings is 1. The van der Waals surface area contributed by atoms with Crippen molar-refractivity contribution in [1.29, 1.82) is 0 Å². The van der Waals surface area contributed by atoms with Gasteiger partial charge in [0.1, 0.15) is 10.6 Å². The van der Waals surface area contributed by atoms with E-state index in [0.29, 0.717) is 12.2 Å². The topological polar surface area (TPSA) is 101 Å². The Morgan fingerprint density at radius 2 is 1.92 bits per heavy atom. The summed E-state index contributed by atoms with van der Waals surface area (Å²) in [6, 6.07) is 9.90. The summed E-state index contributed by atoms with van der Waals surface area (Å²) in [6.07, 6.45) is 0.0681. The molecule has 0 aliphatic rings. The van der Waals surface area contributed by atoms with Crippen LogP contribution in [0.3, 0.4) is 0 Å². The number of hydrogen-bond acceptors (Lipinski definition) is 6. The van der Waals surface area contributed by atoms with Gasteiger partial charge in [-0.1, -0.05) is 23.4 Å². The Kier molecular flexibility index (Phi) is 7.03. The zero-order valence-corrected chi connectivity index (χ0v) is 15.7. The molecule has 0 saturated heterocycles. The van der Waals surface area contributed by atoms with E-state index in [9.17, 15) is 13.2 Å². The number of aryl methyl sites for hydroxylation is 2. The summed E-state index contributed by atoms with van der Waals surface area (Å²) in [4.78, 5) is 13.0. The second-order valence-corrected chi connectivity index (χ2v) is 8.18. The summed E-state index contributed by atoms with van der Waals surface area (Å²) in [7, 11) is -3.73. The van der Waals surface area contributed by atoms with Gasteiger partial charge >= 0.3 is 0 Å². The van der Waals surface area contributed by atoms with Crippen LogP contribution in [0.1, 0.15) is 17.9 Å². The first kappa shape index (κ1) is 19.5. The van der Waals surface area contributed by atoms with Crippen LogP contribution >= 0.6 is 11.8 Å². The third kappa shape index (κ3) is 5.87. The highest BCUT2D eigenvalue weighted by atomic mass is 32.2. The van der Waals surface area contributed by atoms with E-state index >= 15 is 0 Å². The van der Waals surface area contributed by atoms with Crippen LogP contribution in [0.15, 0.2) is 44.6 Å². The fraction of sp³-hybridized carbons (Fsp3) is 0.375. The van der Waals surface area contributed by atoms with E-state index in [-0.39, 0.29) is 29.5 Å². The minimum atomic E-state index is -3.73. The van der Waals surface area contributed by atoms with Crippen LogP contribution in [0.5, 0.6) is 0 Å². The third-order valence-electron chi connectivity index (χ3n) is 3.32. The zero-order valence-electron chi connectivity index (χ0n) is 14.1. The summed E-state index contributed by atoms with van der Waals surface area (Å²) >= 11 is 1.65. The molecule has 2 rings (SSSR count). The standard InChI is InChI=1S/C16H21N3O4S2/c1-12-16(13(2)23-19-12)25(21,22)18-9-8-15(20)17-10-11-24-14-6-4-3-5-7-14/h3-7,18H,8-11H2,1-2H3,(H,17,20). The molecule has 136 valence electrons. The van der Waals surface area contributed by atoms with Crippen molar-refractivity contribution in [2.24, 2.45) is 0 Å². The van der Waals surface area contributed by atoms with Gasteiger partial charge in [-0.05, 0) is 26.0 Å². The van der Waals surface area contributed by atoms with Crippen molar-refractivity contribution in [3.63, 3.8) is 0 Å². The van der Waals surface area contributed by atoms with Crippen molar-refractivity contribution in [3.05, 3.63) is 41.8 Å². The van der Waals surface area contributed by atoms with E-state index in [0.717, 1.165) is 10.6 Å². The molecule has 0 bridgehead atoms. The number of sulfonamides is 1. The van der Waals surface area contributed by atoms with Gasteiger partial charge in [-0.25, -0.2) is 13.1 Å². The van der Waals surface area contributed by atoms with Crippen LogP contribution in [0.2, 0.25) is 0 Å². The number of carbonyl (C=O) groups excluding carboxylic acids is 1. The molecule has 0 spiro atoms. The lowest BCUT2D eigenvalue weighted by Crippen LogP contribution is -2.32. The number of carbonyl (C=O) groups is 1. The molecular weight excluding hydrogens is 362 g/mol. The predicted molar refractivity (Wildman–Crippen MR) is 96.0 cm³/mol. The lowest BCUT2D eigenvalue weighted by Gasteiger charge is -2.07. The highest BCUT2D eigenvalue weighted by Crippen LogP contribution is 2.18. The molecule has 0 aliphatic heterocycles. The van der Waals surface area contributed by atoms with Crippen LogP contribution in [-0.4, -0.2) is 38.3 Å². The summed E-state index contributed by atoms with van der Waals surface area (Å²) < 4.78 is 31.6. The molecule has 0 saturated carbocycles. The van der Waals surface area contributed by atoms with Crippen LogP contribution in [0, 0.1) is 13.8 Å². The van der Waals surface area contributed by atoms with E-state index in [4.69, 9.17) is 4.52 Å². The number of nitrogens with zero attached hydrogens (tertiary/aromatic N) is 1. The largest absolute Gasteiger partial charge is 0.360 e. The molecular formula is C16H21N3O4S2. The van der Waals surface area contributed by atoms with Gasteiger partial charge in [0, 0.05) is 30.2 Å². The highest BCUT2D eigenvalue weighted by molar-refractivity contribution is 7.99. The Morgan fingerprint density at radius 1 is 1.20 bits per heavy atom. The molecule has 0 radical (unpaired) electrons. The minimum Gasteiger partial charge on any atom is -0.360 e. The SMILES string of the molecule is Cc1noc(C)c1S(=O)(=O)NCCC(=O)NCCSc1ccccc1. The van der Waals surface area contributed by atoms with Crippen molar-refractivity contribution < 1.29 is 17.7 Å². The maximum atomic E-state index is 12.2. The third-order valence-corrected chi connectivity index (χ3v) is 6.04. The van der Waals surface area contributed by atoms with Crippen molar-refractivity contribution in [2.75, 3.05) is 18.8 Å². The first-order chi connectivity index (χ1) is 11.9. The van der Waals surface area contributed by atoms with Crippen molar-refractivity contribution in [1.82, 2.24) is 15.2 Å². The summed E-state index contributed by atoms with van der Waals surface area (Å²) in [5.41, 5.74) is 0.299. The van der Waals surface area contributed by atoms with Gasteiger partial charge < -0.3 is 9.84 Å². The highest BCUT2D eigenvalue weighted by Gasteiger charge is 2.23. The van der Waals surface area contributed by atoms with E-state index in [1.54, 1.807) is 18.7 Å². The van der Waals surface area contributed by atoms with E-state index in [2.05, 4.69) is 15.2 Å². The quantitative estimate of drug-likeness (QED) is 0.506. The second-order valence-electron chi connectivity index (χ2n) is 5.31. The summed E-state index contributed by atoms with van der Waals surface area (Å²) in [6.45, 7) is 3.63. The first-order valence-electron chi connectivity index (χ1n) is 7.77. The fourth-order valence-electron chi connectivity index (χ4n) is 2.19. The van der Waals surface area contributed by atoms with Gasteiger partial charge in [0.15, 0.2) is 5.76 Å². The molecule has 0 unspecified atom stereocenters. The maximum absolute atomic E-state index is 12.2. The van der Waals surface area contributed by atoms with E-state index in [1.165, 1.54) is 6.92 Å². The van der Waals surface area contributed by atoms with Crippen molar-refractivity contribution in [3.8, 4) is 0 Å². The normalized spacial score (nSPS) is 11.4. The second kappa shape index (κ2) is 9.02. The molecule has 25 heavy (non-hydrogen) atoms. The van der Waals surface area contributed by atoms with Crippen LogP contribution in [-0.2, 0) is 14.8 Å². The molecule has 0 atom stereocenters. The molecule has 1 aromatic heterocycles. The Morgan fingerprint density at radius 3 is 2.56 bits per heavy atom. The molecule has 9 heteroatoms. The Hall–Kier alpha value is -1.84. The Balaban J connectivity index is 1.68. The zero-order chi connectivity index (χ0) is 18.3. The van der Waals surface area contributed by atoms with E-state index < -0.39 is 10.0 Å².